The predicted molar refractivity (Wildman–Crippen MR) is 102 cm³/mol. The summed E-state index contributed by atoms with van der Waals surface area (Å²) in [5.74, 6) is 0.359. The minimum atomic E-state index is -0.334. The Morgan fingerprint density at radius 2 is 1.89 bits per heavy atom. The van der Waals surface area contributed by atoms with E-state index in [0.717, 1.165) is 5.56 Å². The van der Waals surface area contributed by atoms with Crippen molar-refractivity contribution in [2.24, 2.45) is 0 Å². The van der Waals surface area contributed by atoms with Crippen molar-refractivity contribution in [3.63, 3.8) is 0 Å². The summed E-state index contributed by atoms with van der Waals surface area (Å²) in [5.41, 5.74) is 1.89. The van der Waals surface area contributed by atoms with E-state index < -0.39 is 0 Å². The number of hydrogen-bond donors (Lipinski definition) is 1. The lowest BCUT2D eigenvalue weighted by Gasteiger charge is -2.15. The van der Waals surface area contributed by atoms with Gasteiger partial charge in [-0.15, -0.1) is 0 Å². The van der Waals surface area contributed by atoms with Gasteiger partial charge in [0.2, 0.25) is 5.91 Å². The molecule has 0 saturated carbocycles. The van der Waals surface area contributed by atoms with E-state index in [2.05, 4.69) is 9.97 Å². The van der Waals surface area contributed by atoms with Gasteiger partial charge in [0.15, 0.2) is 5.16 Å². The number of nitrogens with one attached hydrogen (secondary N) is 1. The van der Waals surface area contributed by atoms with Crippen LogP contribution >= 0.6 is 11.8 Å². The van der Waals surface area contributed by atoms with Crippen molar-refractivity contribution >= 4 is 17.7 Å². The number of rotatable bonds is 8. The topological polar surface area (TPSA) is 114 Å². The second-order valence-electron chi connectivity index (χ2n) is 5.78. The van der Waals surface area contributed by atoms with Crippen LogP contribution in [0.5, 0.6) is 0 Å². The fourth-order valence-corrected chi connectivity index (χ4v) is 3.33. The molecule has 138 valence electrons. The molecule has 0 atom stereocenters. The van der Waals surface area contributed by atoms with E-state index in [9.17, 15) is 9.59 Å². The minimum absolute atomic E-state index is 0.0471. The van der Waals surface area contributed by atoms with Crippen LogP contribution in [-0.4, -0.2) is 33.9 Å². The van der Waals surface area contributed by atoms with E-state index >= 15 is 0 Å². The zero-order chi connectivity index (χ0) is 19.6. The van der Waals surface area contributed by atoms with E-state index in [1.807, 2.05) is 42.5 Å². The Morgan fingerprint density at radius 1 is 1.22 bits per heavy atom. The molecule has 1 aromatic heterocycles. The SMILES string of the molecule is Cc1nc(SCc2ccccc2)[nH]c(=O)c1CCC(=O)N(CC#N)CC#N. The van der Waals surface area contributed by atoms with Crippen LogP contribution < -0.4 is 5.56 Å². The molecule has 1 aromatic carbocycles. The second kappa shape index (κ2) is 10.1. The van der Waals surface area contributed by atoms with Crippen LogP contribution in [0, 0.1) is 29.6 Å². The zero-order valence-corrected chi connectivity index (χ0v) is 15.8. The first-order valence-electron chi connectivity index (χ1n) is 8.33. The van der Waals surface area contributed by atoms with Crippen molar-refractivity contribution < 1.29 is 4.79 Å². The van der Waals surface area contributed by atoms with Crippen molar-refractivity contribution in [2.45, 2.75) is 30.7 Å². The molecule has 0 radical (unpaired) electrons. The van der Waals surface area contributed by atoms with Crippen LogP contribution in [-0.2, 0) is 17.0 Å². The molecular weight excluding hydrogens is 362 g/mol. The Kier molecular flexibility index (Phi) is 7.60. The maximum absolute atomic E-state index is 12.4. The van der Waals surface area contributed by atoms with E-state index in [-0.39, 0.29) is 37.4 Å². The third kappa shape index (κ3) is 5.98. The first kappa shape index (κ1) is 20.2. The van der Waals surface area contributed by atoms with Crippen molar-refractivity contribution in [2.75, 3.05) is 13.1 Å². The van der Waals surface area contributed by atoms with Gasteiger partial charge >= 0.3 is 0 Å². The normalized spacial score (nSPS) is 10.0. The molecule has 2 aromatic rings. The van der Waals surface area contributed by atoms with Gasteiger partial charge in [-0.2, -0.15) is 10.5 Å². The van der Waals surface area contributed by atoms with Crippen molar-refractivity contribution in [1.82, 2.24) is 14.9 Å². The van der Waals surface area contributed by atoms with Gasteiger partial charge in [0.25, 0.3) is 5.56 Å². The molecule has 1 amide bonds. The Labute approximate surface area is 161 Å². The molecule has 0 fully saturated rings. The highest BCUT2D eigenvalue weighted by atomic mass is 32.2. The highest BCUT2D eigenvalue weighted by molar-refractivity contribution is 7.98. The largest absolute Gasteiger partial charge is 0.316 e. The van der Waals surface area contributed by atoms with E-state index in [1.54, 1.807) is 6.92 Å². The summed E-state index contributed by atoms with van der Waals surface area (Å²) in [7, 11) is 0. The van der Waals surface area contributed by atoms with Gasteiger partial charge in [0.1, 0.15) is 13.1 Å². The molecule has 0 aliphatic heterocycles. The van der Waals surface area contributed by atoms with E-state index in [1.165, 1.54) is 16.7 Å². The average Bonchev–Trinajstić information content (AvgIpc) is 2.66. The molecule has 0 unspecified atom stereocenters. The van der Waals surface area contributed by atoms with Gasteiger partial charge in [-0.1, -0.05) is 42.1 Å². The fourth-order valence-electron chi connectivity index (χ4n) is 2.47. The lowest BCUT2D eigenvalue weighted by atomic mass is 10.1. The second-order valence-corrected chi connectivity index (χ2v) is 6.74. The van der Waals surface area contributed by atoms with Gasteiger partial charge < -0.3 is 9.88 Å². The number of amides is 1. The number of thioether (sulfide) groups is 1. The molecule has 0 aliphatic carbocycles. The summed E-state index contributed by atoms with van der Waals surface area (Å²) in [5, 5.41) is 18.0. The number of carbonyl (C=O) groups excluding carboxylic acids is 1. The maximum atomic E-state index is 12.4. The van der Waals surface area contributed by atoms with Gasteiger partial charge in [0.05, 0.1) is 12.1 Å². The molecule has 7 nitrogen and oxygen atoms in total. The third-order valence-electron chi connectivity index (χ3n) is 3.88. The molecule has 27 heavy (non-hydrogen) atoms. The summed E-state index contributed by atoms with van der Waals surface area (Å²) >= 11 is 1.44. The fraction of sp³-hybridized carbons (Fsp3) is 0.316. The number of H-pyrrole nitrogens is 1. The molecule has 8 heteroatoms. The highest BCUT2D eigenvalue weighted by Crippen LogP contribution is 2.19. The molecule has 1 N–H and O–H groups in total. The number of benzene rings is 1. The average molecular weight is 381 g/mol. The first-order chi connectivity index (χ1) is 13.0. The van der Waals surface area contributed by atoms with Gasteiger partial charge in [-0.25, -0.2) is 4.98 Å². The van der Waals surface area contributed by atoms with E-state index in [4.69, 9.17) is 10.5 Å². The van der Waals surface area contributed by atoms with Crippen molar-refractivity contribution in [3.8, 4) is 12.1 Å². The maximum Gasteiger partial charge on any atom is 0.254 e. The van der Waals surface area contributed by atoms with Crippen LogP contribution in [0.15, 0.2) is 40.3 Å². The molecule has 0 bridgehead atoms. The van der Waals surface area contributed by atoms with E-state index in [0.29, 0.717) is 22.2 Å². The number of carbonyl (C=O) groups is 1. The summed E-state index contributed by atoms with van der Waals surface area (Å²) in [6.07, 6.45) is 0.259. The minimum Gasteiger partial charge on any atom is -0.316 e. The number of aromatic amines is 1. The van der Waals surface area contributed by atoms with Gasteiger partial charge in [0, 0.05) is 23.4 Å². The number of aromatic nitrogens is 2. The molecule has 0 aliphatic rings. The van der Waals surface area contributed by atoms with Crippen molar-refractivity contribution in [3.05, 3.63) is 57.5 Å². The summed E-state index contributed by atoms with van der Waals surface area (Å²) in [4.78, 5) is 32.8. The summed E-state index contributed by atoms with van der Waals surface area (Å²) in [6.45, 7) is 1.45. The summed E-state index contributed by atoms with van der Waals surface area (Å²) in [6, 6.07) is 13.6. The quantitative estimate of drug-likeness (QED) is 0.426. The molecule has 0 spiro atoms. The zero-order valence-electron chi connectivity index (χ0n) is 14.9. The van der Waals surface area contributed by atoms with Crippen LogP contribution in [0.2, 0.25) is 0 Å². The lowest BCUT2D eigenvalue weighted by Crippen LogP contribution is -2.32. The molecule has 1 heterocycles. The Morgan fingerprint density at radius 3 is 2.48 bits per heavy atom. The van der Waals surface area contributed by atoms with Gasteiger partial charge in [-0.05, 0) is 18.9 Å². The Hall–Kier alpha value is -3.10. The standard InChI is InChI=1S/C19H19N5O2S/c1-14-16(7-8-17(25)24(11-9-20)12-10-21)18(26)23-19(22-14)27-13-15-5-3-2-4-6-15/h2-6H,7-8,11-13H2,1H3,(H,22,23,26). The Balaban J connectivity index is 2.02. The number of hydrogen-bond acceptors (Lipinski definition) is 6. The van der Waals surface area contributed by atoms with Crippen LogP contribution in [0.3, 0.4) is 0 Å². The lowest BCUT2D eigenvalue weighted by molar-refractivity contribution is -0.130. The summed E-state index contributed by atoms with van der Waals surface area (Å²) < 4.78 is 0. The number of nitrogens with zero attached hydrogens (tertiary/aromatic N) is 4. The predicted octanol–water partition coefficient (Wildman–Crippen LogP) is 2.18. The smallest absolute Gasteiger partial charge is 0.254 e. The van der Waals surface area contributed by atoms with Crippen molar-refractivity contribution in [1.29, 1.82) is 10.5 Å². The van der Waals surface area contributed by atoms with Crippen LogP contribution in [0.25, 0.3) is 0 Å². The number of aryl methyl sites for hydroxylation is 1. The molecule has 2 rings (SSSR count). The van der Waals surface area contributed by atoms with Gasteiger partial charge in [-0.3, -0.25) is 9.59 Å². The molecular formula is C19H19N5O2S. The number of nitriles is 2. The highest BCUT2D eigenvalue weighted by Gasteiger charge is 2.15. The first-order valence-corrected chi connectivity index (χ1v) is 9.32. The monoisotopic (exact) mass is 381 g/mol. The molecule has 0 saturated heterocycles. The Bertz CT molecular complexity index is 912. The van der Waals surface area contributed by atoms with Crippen LogP contribution in [0.1, 0.15) is 23.2 Å². The third-order valence-corrected chi connectivity index (χ3v) is 4.83. The van der Waals surface area contributed by atoms with Crippen LogP contribution in [0.4, 0.5) is 0 Å².